The average Bonchev–Trinajstić information content (AvgIpc) is 2.69. The smallest absolute Gasteiger partial charge is 0.270 e. The topological polar surface area (TPSA) is 45.5 Å². The van der Waals surface area contributed by atoms with Crippen molar-refractivity contribution in [2.75, 3.05) is 13.1 Å². The van der Waals surface area contributed by atoms with Gasteiger partial charge in [0.05, 0.1) is 6.10 Å². The molecule has 0 aromatic carbocycles. The summed E-state index contributed by atoms with van der Waals surface area (Å²) in [6, 6.07) is 1.84. The lowest BCUT2D eigenvalue weighted by atomic mass is 10.1. The number of halogens is 1. The molecule has 2 rings (SSSR count). The van der Waals surface area contributed by atoms with Crippen molar-refractivity contribution in [1.29, 1.82) is 0 Å². The van der Waals surface area contributed by atoms with Crippen molar-refractivity contribution < 1.29 is 9.90 Å². The van der Waals surface area contributed by atoms with Crippen LogP contribution in [0.1, 0.15) is 30.3 Å². The average molecular weight is 301 g/mol. The number of nitrogens with zero attached hydrogens (tertiary/aromatic N) is 2. The molecule has 1 saturated heterocycles. The zero-order chi connectivity index (χ0) is 12.4. The summed E-state index contributed by atoms with van der Waals surface area (Å²) in [5, 5.41) is 9.60. The molecule has 1 aromatic heterocycles. The predicted molar refractivity (Wildman–Crippen MR) is 69.0 cm³/mol. The van der Waals surface area contributed by atoms with Crippen LogP contribution in [0.3, 0.4) is 0 Å². The molecule has 0 bridgehead atoms. The van der Waals surface area contributed by atoms with Gasteiger partial charge in [0, 0.05) is 30.3 Å². The van der Waals surface area contributed by atoms with Crippen LogP contribution in [0.2, 0.25) is 0 Å². The molecule has 0 aliphatic carbocycles. The first-order valence-corrected chi connectivity index (χ1v) is 6.74. The molecule has 2 heterocycles. The Morgan fingerprint density at radius 3 is 3.06 bits per heavy atom. The first kappa shape index (κ1) is 12.6. The molecule has 1 aliphatic rings. The summed E-state index contributed by atoms with van der Waals surface area (Å²) >= 11 is 3.39. The highest BCUT2D eigenvalue weighted by molar-refractivity contribution is 9.10. The monoisotopic (exact) mass is 300 g/mol. The number of aromatic nitrogens is 1. The third-order valence-corrected chi connectivity index (χ3v) is 3.54. The van der Waals surface area contributed by atoms with Crippen molar-refractivity contribution >= 4 is 21.8 Å². The zero-order valence-corrected chi connectivity index (χ0v) is 11.5. The van der Waals surface area contributed by atoms with E-state index in [1.807, 2.05) is 23.8 Å². The minimum atomic E-state index is -0.374. The fourth-order valence-corrected chi connectivity index (χ4v) is 2.68. The van der Waals surface area contributed by atoms with Gasteiger partial charge in [0.15, 0.2) is 0 Å². The molecular formula is C12H17BrN2O2. The van der Waals surface area contributed by atoms with Crippen LogP contribution >= 0.6 is 15.9 Å². The second kappa shape index (κ2) is 5.23. The molecule has 4 nitrogen and oxygen atoms in total. The molecule has 17 heavy (non-hydrogen) atoms. The molecule has 5 heteroatoms. The van der Waals surface area contributed by atoms with Crippen molar-refractivity contribution in [3.63, 3.8) is 0 Å². The minimum absolute atomic E-state index is 0.0105. The van der Waals surface area contributed by atoms with E-state index in [9.17, 15) is 9.90 Å². The number of hydrogen-bond donors (Lipinski definition) is 1. The number of piperidine rings is 1. The van der Waals surface area contributed by atoms with Gasteiger partial charge in [-0.1, -0.05) is 0 Å². The SMILES string of the molecule is CCn1cc(Br)cc1C(=O)N1CCCC(O)C1. The van der Waals surface area contributed by atoms with Crippen LogP contribution in [-0.4, -0.2) is 39.7 Å². The third-order valence-electron chi connectivity index (χ3n) is 3.11. The Morgan fingerprint density at radius 1 is 1.65 bits per heavy atom. The number of aliphatic hydroxyl groups is 1. The van der Waals surface area contributed by atoms with E-state index < -0.39 is 0 Å². The van der Waals surface area contributed by atoms with E-state index in [0.29, 0.717) is 12.2 Å². The first-order valence-electron chi connectivity index (χ1n) is 5.95. The summed E-state index contributed by atoms with van der Waals surface area (Å²) in [6.07, 6.45) is 3.21. The molecule has 0 radical (unpaired) electrons. The Bertz CT molecular complexity index is 417. The second-order valence-corrected chi connectivity index (χ2v) is 5.29. The van der Waals surface area contributed by atoms with Crippen molar-refractivity contribution in [3.8, 4) is 0 Å². The molecule has 0 spiro atoms. The Labute approximate surface area is 109 Å². The number of carbonyl (C=O) groups excluding carboxylic acids is 1. The van der Waals surface area contributed by atoms with Gasteiger partial charge >= 0.3 is 0 Å². The van der Waals surface area contributed by atoms with E-state index in [-0.39, 0.29) is 12.0 Å². The number of β-amino-alcohol motifs (C(OH)–C–C–N with tert-alkyl or cyclic N) is 1. The largest absolute Gasteiger partial charge is 0.391 e. The minimum Gasteiger partial charge on any atom is -0.391 e. The number of rotatable bonds is 2. The number of carbonyl (C=O) groups is 1. The van der Waals surface area contributed by atoms with Crippen molar-refractivity contribution in [1.82, 2.24) is 9.47 Å². The van der Waals surface area contributed by atoms with Gasteiger partial charge in [-0.2, -0.15) is 0 Å². The maximum atomic E-state index is 12.3. The molecule has 1 aromatic rings. The van der Waals surface area contributed by atoms with Gasteiger partial charge in [0.2, 0.25) is 0 Å². The standard InChI is InChI=1S/C12H17BrN2O2/c1-2-14-7-9(13)6-11(14)12(17)15-5-3-4-10(16)8-15/h6-7,10,16H,2-5,8H2,1H3. The number of hydrogen-bond acceptors (Lipinski definition) is 2. The molecular weight excluding hydrogens is 284 g/mol. The van der Waals surface area contributed by atoms with E-state index in [0.717, 1.165) is 30.4 Å². The molecule has 1 N–H and O–H groups in total. The molecule has 94 valence electrons. The Morgan fingerprint density at radius 2 is 2.41 bits per heavy atom. The summed E-state index contributed by atoms with van der Waals surface area (Å²) in [4.78, 5) is 14.0. The predicted octanol–water partition coefficient (Wildman–Crippen LogP) is 1.87. The van der Waals surface area contributed by atoms with Crippen LogP contribution in [0.25, 0.3) is 0 Å². The molecule has 1 unspecified atom stereocenters. The Kier molecular flexibility index (Phi) is 3.89. The van der Waals surface area contributed by atoms with E-state index in [4.69, 9.17) is 0 Å². The highest BCUT2D eigenvalue weighted by Gasteiger charge is 2.25. The number of aliphatic hydroxyl groups excluding tert-OH is 1. The normalized spacial score (nSPS) is 20.6. The fraction of sp³-hybridized carbons (Fsp3) is 0.583. The second-order valence-electron chi connectivity index (χ2n) is 4.38. The quantitative estimate of drug-likeness (QED) is 0.906. The summed E-state index contributed by atoms with van der Waals surface area (Å²) in [6.45, 7) is 3.96. The van der Waals surface area contributed by atoms with Crippen molar-refractivity contribution in [2.45, 2.75) is 32.4 Å². The maximum Gasteiger partial charge on any atom is 0.270 e. The van der Waals surface area contributed by atoms with E-state index in [2.05, 4.69) is 15.9 Å². The lowest BCUT2D eigenvalue weighted by Gasteiger charge is -2.30. The summed E-state index contributed by atoms with van der Waals surface area (Å²) in [7, 11) is 0. The zero-order valence-electron chi connectivity index (χ0n) is 9.90. The fourth-order valence-electron chi connectivity index (χ4n) is 2.22. The van der Waals surface area contributed by atoms with E-state index >= 15 is 0 Å². The van der Waals surface area contributed by atoms with Gasteiger partial charge in [-0.25, -0.2) is 0 Å². The van der Waals surface area contributed by atoms with Crippen LogP contribution in [-0.2, 0) is 6.54 Å². The number of aryl methyl sites for hydroxylation is 1. The van der Waals surface area contributed by atoms with Crippen molar-refractivity contribution in [2.24, 2.45) is 0 Å². The maximum absolute atomic E-state index is 12.3. The number of amides is 1. The van der Waals surface area contributed by atoms with Crippen LogP contribution in [0.5, 0.6) is 0 Å². The molecule has 1 atom stereocenters. The van der Waals surface area contributed by atoms with Gasteiger partial charge in [0.25, 0.3) is 5.91 Å². The summed E-state index contributed by atoms with van der Waals surface area (Å²) < 4.78 is 2.84. The highest BCUT2D eigenvalue weighted by Crippen LogP contribution is 2.19. The van der Waals surface area contributed by atoms with Crippen LogP contribution in [0.15, 0.2) is 16.7 Å². The summed E-state index contributed by atoms with van der Waals surface area (Å²) in [5.74, 6) is 0.0105. The Hall–Kier alpha value is -0.810. The number of likely N-dealkylation sites (tertiary alicyclic amines) is 1. The molecule has 1 amide bonds. The van der Waals surface area contributed by atoms with Gasteiger partial charge in [-0.05, 0) is 41.8 Å². The highest BCUT2D eigenvalue weighted by atomic mass is 79.9. The molecule has 1 fully saturated rings. The van der Waals surface area contributed by atoms with E-state index in [1.54, 1.807) is 4.90 Å². The first-order chi connectivity index (χ1) is 8.11. The Balaban J connectivity index is 2.18. The lowest BCUT2D eigenvalue weighted by Crippen LogP contribution is -2.42. The van der Waals surface area contributed by atoms with Gasteiger partial charge in [-0.15, -0.1) is 0 Å². The lowest BCUT2D eigenvalue weighted by molar-refractivity contribution is 0.0465. The van der Waals surface area contributed by atoms with Gasteiger partial charge in [-0.3, -0.25) is 4.79 Å². The third kappa shape index (κ3) is 2.72. The van der Waals surface area contributed by atoms with Crippen molar-refractivity contribution in [3.05, 3.63) is 22.4 Å². The summed E-state index contributed by atoms with van der Waals surface area (Å²) in [5.41, 5.74) is 0.688. The molecule has 0 saturated carbocycles. The van der Waals surface area contributed by atoms with Crippen LogP contribution in [0.4, 0.5) is 0 Å². The van der Waals surface area contributed by atoms with Gasteiger partial charge in [0.1, 0.15) is 5.69 Å². The van der Waals surface area contributed by atoms with Crippen LogP contribution < -0.4 is 0 Å². The van der Waals surface area contributed by atoms with Gasteiger partial charge < -0.3 is 14.6 Å². The van der Waals surface area contributed by atoms with E-state index in [1.165, 1.54) is 0 Å². The van der Waals surface area contributed by atoms with Crippen LogP contribution in [0, 0.1) is 0 Å². The molecule has 1 aliphatic heterocycles.